The maximum absolute atomic E-state index is 14.0. The van der Waals surface area contributed by atoms with Gasteiger partial charge in [-0.25, -0.2) is 8.78 Å². The Hall–Kier alpha value is -1.86. The normalized spacial score (nSPS) is 18.5. The molecule has 1 aromatic heterocycles. The average Bonchev–Trinajstić information content (AvgIpc) is 2.97. The van der Waals surface area contributed by atoms with Crippen LogP contribution in [0.25, 0.3) is 5.70 Å². The van der Waals surface area contributed by atoms with Crippen molar-refractivity contribution in [2.45, 2.75) is 12.4 Å². The van der Waals surface area contributed by atoms with Crippen molar-refractivity contribution in [3.05, 3.63) is 52.7 Å². The molecule has 1 atom stereocenters. The van der Waals surface area contributed by atoms with Gasteiger partial charge < -0.3 is 10.6 Å². The zero-order valence-corrected chi connectivity index (χ0v) is 11.4. The molecule has 0 radical (unpaired) electrons. The minimum atomic E-state index is -0.644. The minimum Gasteiger partial charge on any atom is -0.310 e. The summed E-state index contributed by atoms with van der Waals surface area (Å²) in [6, 6.07) is 3.76. The van der Waals surface area contributed by atoms with Crippen molar-refractivity contribution in [1.82, 2.24) is 10.2 Å². The molecule has 20 heavy (non-hydrogen) atoms. The third-order valence-corrected chi connectivity index (χ3v) is 3.97. The van der Waals surface area contributed by atoms with E-state index in [2.05, 4.69) is 10.2 Å². The van der Waals surface area contributed by atoms with E-state index in [1.165, 1.54) is 34.9 Å². The van der Waals surface area contributed by atoms with Crippen LogP contribution in [-0.2, 0) is 0 Å². The summed E-state index contributed by atoms with van der Waals surface area (Å²) < 4.78 is 28.0. The van der Waals surface area contributed by atoms with Crippen LogP contribution in [0.2, 0.25) is 0 Å². The zero-order valence-electron chi connectivity index (χ0n) is 10.6. The minimum absolute atomic E-state index is 0.142. The highest BCUT2D eigenvalue weighted by Gasteiger charge is 2.31. The summed E-state index contributed by atoms with van der Waals surface area (Å²) in [5, 5.41) is 8.55. The molecule has 1 aromatic carbocycles. The van der Waals surface area contributed by atoms with Crippen LogP contribution >= 0.6 is 11.8 Å². The number of benzene rings is 1. The lowest BCUT2D eigenvalue weighted by Crippen LogP contribution is -2.36. The maximum atomic E-state index is 14.0. The van der Waals surface area contributed by atoms with Gasteiger partial charge in [-0.3, -0.25) is 5.10 Å². The number of rotatable bonds is 2. The topological polar surface area (TPSA) is 57.9 Å². The molecule has 1 aliphatic rings. The Morgan fingerprint density at radius 2 is 2.05 bits per heavy atom. The van der Waals surface area contributed by atoms with Gasteiger partial charge in [0.2, 0.25) is 0 Å². The van der Waals surface area contributed by atoms with Crippen molar-refractivity contribution in [3.8, 4) is 0 Å². The molecule has 1 aliphatic heterocycles. The molecule has 0 aliphatic carbocycles. The summed E-state index contributed by atoms with van der Waals surface area (Å²) in [4.78, 5) is 1.45. The van der Waals surface area contributed by atoms with Gasteiger partial charge in [0.15, 0.2) is 0 Å². The van der Waals surface area contributed by atoms with Gasteiger partial charge in [-0.05, 0) is 24.5 Å². The van der Waals surface area contributed by atoms with E-state index in [9.17, 15) is 8.78 Å². The molecule has 3 N–H and O–H groups in total. The molecule has 2 aromatic rings. The lowest BCUT2D eigenvalue weighted by molar-refractivity contribution is 0.579. The number of thioether (sulfide) groups is 1. The number of para-hydroxylation sites is 1. The number of aryl methyl sites for hydroxylation is 1. The fourth-order valence-electron chi connectivity index (χ4n) is 2.17. The van der Waals surface area contributed by atoms with E-state index >= 15 is 0 Å². The van der Waals surface area contributed by atoms with Crippen molar-refractivity contribution in [2.75, 3.05) is 4.90 Å². The highest BCUT2D eigenvalue weighted by molar-refractivity contribution is 8.03. The molecule has 3 rings (SSSR count). The molecular formula is C13H12F2N4S. The van der Waals surface area contributed by atoms with Crippen molar-refractivity contribution in [1.29, 1.82) is 0 Å². The number of hydrogen-bond donors (Lipinski definition) is 2. The molecule has 7 heteroatoms. The SMILES string of the molecule is Cc1n[nH]cc1C1=CSC(N)N1c1c(F)cccc1F. The van der Waals surface area contributed by atoms with E-state index in [1.807, 2.05) is 6.92 Å². The molecule has 104 valence electrons. The Kier molecular flexibility index (Phi) is 3.23. The predicted molar refractivity (Wildman–Crippen MR) is 75.7 cm³/mol. The van der Waals surface area contributed by atoms with Gasteiger partial charge in [0, 0.05) is 11.8 Å². The summed E-state index contributed by atoms with van der Waals surface area (Å²) >= 11 is 1.30. The number of H-pyrrole nitrogens is 1. The van der Waals surface area contributed by atoms with Crippen molar-refractivity contribution < 1.29 is 8.78 Å². The highest BCUT2D eigenvalue weighted by atomic mass is 32.2. The Labute approximate surface area is 118 Å². The first-order chi connectivity index (χ1) is 9.59. The smallest absolute Gasteiger partial charge is 0.149 e. The van der Waals surface area contributed by atoms with Crippen molar-refractivity contribution in [3.63, 3.8) is 0 Å². The van der Waals surface area contributed by atoms with Crippen LogP contribution < -0.4 is 10.6 Å². The highest BCUT2D eigenvalue weighted by Crippen LogP contribution is 2.40. The van der Waals surface area contributed by atoms with E-state index in [4.69, 9.17) is 5.73 Å². The van der Waals surface area contributed by atoms with E-state index in [-0.39, 0.29) is 5.69 Å². The van der Waals surface area contributed by atoms with Crippen molar-refractivity contribution >= 4 is 23.1 Å². The van der Waals surface area contributed by atoms with Crippen LogP contribution in [0.5, 0.6) is 0 Å². The number of nitrogens with one attached hydrogen (secondary N) is 1. The number of hydrogen-bond acceptors (Lipinski definition) is 4. The Balaban J connectivity index is 2.12. The van der Waals surface area contributed by atoms with Gasteiger partial charge in [-0.1, -0.05) is 17.8 Å². The van der Waals surface area contributed by atoms with E-state index in [0.717, 1.165) is 11.3 Å². The van der Waals surface area contributed by atoms with E-state index in [1.54, 1.807) is 11.6 Å². The number of nitrogens with two attached hydrogens (primary N) is 1. The fraction of sp³-hybridized carbons (Fsp3) is 0.154. The van der Waals surface area contributed by atoms with Crippen LogP contribution in [0, 0.1) is 18.6 Å². The standard InChI is InChI=1S/C13H12F2N4S/c1-7-8(5-17-18-7)11-6-20-13(16)19(11)12-9(14)3-2-4-10(12)15/h2-6,13H,16H2,1H3,(H,17,18). The third-order valence-electron chi connectivity index (χ3n) is 3.12. The summed E-state index contributed by atoms with van der Waals surface area (Å²) in [6.07, 6.45) is 1.69. The molecule has 1 unspecified atom stereocenters. The lowest BCUT2D eigenvalue weighted by atomic mass is 10.1. The summed E-state index contributed by atoms with van der Waals surface area (Å²) in [7, 11) is 0. The Morgan fingerprint density at radius 3 is 2.65 bits per heavy atom. The first-order valence-corrected chi connectivity index (χ1v) is 6.89. The van der Waals surface area contributed by atoms with E-state index < -0.39 is 17.1 Å². The molecule has 0 saturated heterocycles. The quantitative estimate of drug-likeness (QED) is 0.894. The van der Waals surface area contributed by atoms with Crippen LogP contribution in [0.3, 0.4) is 0 Å². The van der Waals surface area contributed by atoms with Crippen LogP contribution in [0.1, 0.15) is 11.3 Å². The molecule has 0 spiro atoms. The molecule has 4 nitrogen and oxygen atoms in total. The third kappa shape index (κ3) is 1.99. The monoisotopic (exact) mass is 294 g/mol. The molecule has 0 saturated carbocycles. The Morgan fingerprint density at radius 1 is 1.35 bits per heavy atom. The van der Waals surface area contributed by atoms with Gasteiger partial charge in [0.1, 0.15) is 22.8 Å². The second-order valence-corrected chi connectivity index (χ2v) is 5.35. The number of aromatic amines is 1. The van der Waals surface area contributed by atoms with Crippen LogP contribution in [0.15, 0.2) is 29.8 Å². The molecule has 2 heterocycles. The van der Waals surface area contributed by atoms with Crippen LogP contribution in [-0.4, -0.2) is 15.7 Å². The first kappa shape index (κ1) is 13.1. The van der Waals surface area contributed by atoms with Gasteiger partial charge in [0.05, 0.1) is 11.4 Å². The van der Waals surface area contributed by atoms with Crippen LogP contribution in [0.4, 0.5) is 14.5 Å². The largest absolute Gasteiger partial charge is 0.310 e. The van der Waals surface area contributed by atoms with Gasteiger partial charge in [-0.2, -0.15) is 5.10 Å². The summed E-state index contributed by atoms with van der Waals surface area (Å²) in [5.41, 5.74) is 7.40. The second kappa shape index (κ2) is 4.92. The zero-order chi connectivity index (χ0) is 14.3. The summed E-state index contributed by atoms with van der Waals surface area (Å²) in [6.45, 7) is 1.82. The summed E-state index contributed by atoms with van der Waals surface area (Å²) in [5.74, 6) is -1.29. The van der Waals surface area contributed by atoms with E-state index in [0.29, 0.717) is 5.70 Å². The molecule has 0 fully saturated rings. The number of nitrogens with zero attached hydrogens (tertiary/aromatic N) is 2. The molecule has 0 amide bonds. The average molecular weight is 294 g/mol. The molecular weight excluding hydrogens is 282 g/mol. The second-order valence-electron chi connectivity index (χ2n) is 4.35. The predicted octanol–water partition coefficient (Wildman–Crippen LogP) is 2.79. The maximum Gasteiger partial charge on any atom is 0.149 e. The molecule has 0 bridgehead atoms. The number of halogens is 2. The van der Waals surface area contributed by atoms with Gasteiger partial charge in [-0.15, -0.1) is 0 Å². The first-order valence-electron chi connectivity index (χ1n) is 5.95. The van der Waals surface area contributed by atoms with Gasteiger partial charge in [0.25, 0.3) is 0 Å². The fourth-order valence-corrected chi connectivity index (χ4v) is 3.02. The Bertz CT molecular complexity index is 663. The van der Waals surface area contributed by atoms with Gasteiger partial charge >= 0.3 is 0 Å². The number of aromatic nitrogens is 2. The number of anilines is 1. The lowest BCUT2D eigenvalue weighted by Gasteiger charge is -2.27. The van der Waals surface area contributed by atoms with Crippen molar-refractivity contribution in [2.24, 2.45) is 5.73 Å².